The Balaban J connectivity index is 2.38. The predicted molar refractivity (Wildman–Crippen MR) is 86.7 cm³/mol. The first-order valence-electron chi connectivity index (χ1n) is 5.81. The fourth-order valence-corrected chi connectivity index (χ4v) is 3.64. The normalized spacial score (nSPS) is 10.7. The smallest absolute Gasteiger partial charge is 0.172 e. The highest BCUT2D eigenvalue weighted by atomic mass is 79.9. The van der Waals surface area contributed by atoms with Gasteiger partial charge in [-0.3, -0.25) is 4.79 Å². The molecule has 0 aliphatic heterocycles. The van der Waals surface area contributed by atoms with Gasteiger partial charge < -0.3 is 0 Å². The number of carbonyl (C=O) groups is 1. The van der Waals surface area contributed by atoms with Crippen LogP contribution in [0.15, 0.2) is 28.7 Å². The van der Waals surface area contributed by atoms with Gasteiger partial charge in [0.2, 0.25) is 0 Å². The highest BCUT2D eigenvalue weighted by molar-refractivity contribution is 9.10. The average Bonchev–Trinajstić information content (AvgIpc) is 2.86. The second-order valence-corrected chi connectivity index (χ2v) is 6.75. The van der Waals surface area contributed by atoms with Crippen LogP contribution in [0.1, 0.15) is 29.4 Å². The predicted octanol–water partition coefficient (Wildman–Crippen LogP) is 6.47. The summed E-state index contributed by atoms with van der Waals surface area (Å²) < 4.78 is 0.766. The van der Waals surface area contributed by atoms with E-state index in [-0.39, 0.29) is 5.78 Å². The molecule has 0 aliphatic rings. The molecule has 0 atom stereocenters. The molecule has 0 unspecified atom stereocenters. The molecule has 0 N–H and O–H groups in total. The van der Waals surface area contributed by atoms with Crippen LogP contribution in [0.4, 0.5) is 0 Å². The van der Waals surface area contributed by atoms with E-state index >= 15 is 0 Å². The van der Waals surface area contributed by atoms with E-state index in [1.165, 1.54) is 11.3 Å². The van der Waals surface area contributed by atoms with Crippen molar-refractivity contribution in [3.63, 3.8) is 0 Å². The summed E-state index contributed by atoms with van der Waals surface area (Å²) in [7, 11) is 0. The summed E-state index contributed by atoms with van der Waals surface area (Å²) >= 11 is 17.1. The molecule has 2 aromatic rings. The summed E-state index contributed by atoms with van der Waals surface area (Å²) in [5.74, 6) is 0.179. The maximum Gasteiger partial charge on any atom is 0.172 e. The summed E-state index contributed by atoms with van der Waals surface area (Å²) in [6.45, 7) is 2.00. The molecule has 1 nitrogen and oxygen atoms in total. The lowest BCUT2D eigenvalue weighted by atomic mass is 10.2. The Morgan fingerprint density at radius 3 is 2.63 bits per heavy atom. The van der Waals surface area contributed by atoms with Gasteiger partial charge in [0.15, 0.2) is 5.78 Å². The minimum absolute atomic E-state index is 0.179. The lowest BCUT2D eigenvalue weighted by Gasteiger charge is -2.05. The SMILES string of the molecule is CCCC(=O)c1ccc(-c2ccc(Br)c(Cl)c2Cl)s1. The second-order valence-electron chi connectivity index (χ2n) is 4.06. The molecule has 1 aromatic heterocycles. The van der Waals surface area contributed by atoms with Crippen LogP contribution in [-0.4, -0.2) is 5.78 Å². The van der Waals surface area contributed by atoms with Crippen LogP contribution in [0, 0.1) is 0 Å². The third-order valence-corrected chi connectivity index (χ3v) is 5.59. The van der Waals surface area contributed by atoms with Crippen molar-refractivity contribution in [3.05, 3.63) is 43.7 Å². The number of Topliss-reactive ketones (excluding diaryl/α,β-unsaturated/α-hetero) is 1. The van der Waals surface area contributed by atoms with Crippen molar-refractivity contribution in [2.45, 2.75) is 19.8 Å². The molecular formula is C14H11BrCl2OS. The molecule has 1 aromatic carbocycles. The Labute approximate surface area is 134 Å². The Hall–Kier alpha value is -0.350. The summed E-state index contributed by atoms with van der Waals surface area (Å²) in [5, 5.41) is 1.00. The molecule has 1 heterocycles. The molecule has 5 heteroatoms. The maximum absolute atomic E-state index is 11.8. The van der Waals surface area contributed by atoms with Crippen molar-refractivity contribution < 1.29 is 4.79 Å². The molecule has 0 amide bonds. The van der Waals surface area contributed by atoms with Crippen LogP contribution in [0.5, 0.6) is 0 Å². The van der Waals surface area contributed by atoms with Crippen LogP contribution < -0.4 is 0 Å². The van der Waals surface area contributed by atoms with Gasteiger partial charge in [-0.05, 0) is 40.5 Å². The van der Waals surface area contributed by atoms with Crippen molar-refractivity contribution >= 4 is 56.3 Å². The molecule has 0 radical (unpaired) electrons. The first-order valence-corrected chi connectivity index (χ1v) is 8.18. The fraction of sp³-hybridized carbons (Fsp3) is 0.214. The maximum atomic E-state index is 11.8. The summed E-state index contributed by atoms with van der Waals surface area (Å²) in [4.78, 5) is 13.6. The number of thiophene rings is 1. The van der Waals surface area contributed by atoms with Gasteiger partial charge in [-0.2, -0.15) is 0 Å². The number of hydrogen-bond donors (Lipinski definition) is 0. The van der Waals surface area contributed by atoms with E-state index in [2.05, 4.69) is 15.9 Å². The van der Waals surface area contributed by atoms with E-state index in [4.69, 9.17) is 23.2 Å². The fourth-order valence-electron chi connectivity index (χ4n) is 1.70. The van der Waals surface area contributed by atoms with Gasteiger partial charge in [-0.15, -0.1) is 11.3 Å². The lowest BCUT2D eigenvalue weighted by molar-refractivity contribution is 0.0985. The topological polar surface area (TPSA) is 17.1 Å². The number of ketones is 1. The van der Waals surface area contributed by atoms with E-state index in [0.717, 1.165) is 26.2 Å². The molecule has 0 bridgehead atoms. The minimum atomic E-state index is 0.179. The quantitative estimate of drug-likeness (QED) is 0.440. The molecule has 0 aliphatic carbocycles. The van der Waals surface area contributed by atoms with Crippen LogP contribution in [-0.2, 0) is 0 Å². The number of hydrogen-bond acceptors (Lipinski definition) is 2. The second kappa shape index (κ2) is 6.40. The number of benzene rings is 1. The minimum Gasteiger partial charge on any atom is -0.293 e. The van der Waals surface area contributed by atoms with Crippen LogP contribution in [0.2, 0.25) is 10.0 Å². The van der Waals surface area contributed by atoms with Gasteiger partial charge >= 0.3 is 0 Å². The zero-order valence-corrected chi connectivity index (χ0v) is 14.1. The van der Waals surface area contributed by atoms with E-state index < -0.39 is 0 Å². The highest BCUT2D eigenvalue weighted by Gasteiger charge is 2.14. The Kier molecular flexibility index (Phi) is 5.07. The number of rotatable bonds is 4. The highest BCUT2D eigenvalue weighted by Crippen LogP contribution is 2.40. The molecule has 2 rings (SSSR count). The van der Waals surface area contributed by atoms with Crippen LogP contribution in [0.25, 0.3) is 10.4 Å². The Morgan fingerprint density at radius 1 is 1.21 bits per heavy atom. The zero-order valence-electron chi connectivity index (χ0n) is 10.2. The summed E-state index contributed by atoms with van der Waals surface area (Å²) in [5.41, 5.74) is 0.857. The van der Waals surface area contributed by atoms with E-state index in [9.17, 15) is 4.79 Å². The van der Waals surface area contributed by atoms with Crippen molar-refractivity contribution in [3.8, 4) is 10.4 Å². The van der Waals surface area contributed by atoms with Gasteiger partial charge in [0.1, 0.15) is 0 Å². The van der Waals surface area contributed by atoms with Gasteiger partial charge in [0.25, 0.3) is 0 Å². The summed E-state index contributed by atoms with van der Waals surface area (Å²) in [6.07, 6.45) is 1.44. The first-order chi connectivity index (χ1) is 9.04. The average molecular weight is 378 g/mol. The van der Waals surface area contributed by atoms with Gasteiger partial charge in [0.05, 0.1) is 14.9 Å². The van der Waals surface area contributed by atoms with Gasteiger partial charge in [-0.1, -0.05) is 36.2 Å². The van der Waals surface area contributed by atoms with Crippen molar-refractivity contribution in [1.82, 2.24) is 0 Å². The Bertz CT molecular complexity index is 622. The molecule has 0 fully saturated rings. The van der Waals surface area contributed by atoms with Crippen molar-refractivity contribution in [1.29, 1.82) is 0 Å². The van der Waals surface area contributed by atoms with E-state index in [1.54, 1.807) is 0 Å². The monoisotopic (exact) mass is 376 g/mol. The Morgan fingerprint density at radius 2 is 1.95 bits per heavy atom. The lowest BCUT2D eigenvalue weighted by Crippen LogP contribution is -1.93. The van der Waals surface area contributed by atoms with Crippen molar-refractivity contribution in [2.75, 3.05) is 0 Å². The third kappa shape index (κ3) is 3.22. The molecule has 0 spiro atoms. The van der Waals surface area contributed by atoms with E-state index in [0.29, 0.717) is 16.5 Å². The van der Waals surface area contributed by atoms with Gasteiger partial charge in [-0.25, -0.2) is 0 Å². The third-order valence-electron chi connectivity index (χ3n) is 2.66. The summed E-state index contributed by atoms with van der Waals surface area (Å²) in [6, 6.07) is 7.53. The molecule has 100 valence electrons. The van der Waals surface area contributed by atoms with Crippen molar-refractivity contribution in [2.24, 2.45) is 0 Å². The number of carbonyl (C=O) groups excluding carboxylic acids is 1. The number of halogens is 3. The van der Waals surface area contributed by atoms with Gasteiger partial charge in [0, 0.05) is 21.3 Å². The zero-order chi connectivity index (χ0) is 14.0. The largest absolute Gasteiger partial charge is 0.293 e. The molecule has 19 heavy (non-hydrogen) atoms. The van der Waals surface area contributed by atoms with E-state index in [1.807, 2.05) is 31.2 Å². The molecule has 0 saturated heterocycles. The van der Waals surface area contributed by atoms with Crippen LogP contribution in [0.3, 0.4) is 0 Å². The standard InChI is InChI=1S/C14H11BrCl2OS/c1-2-3-10(18)12-7-6-11(19-12)8-4-5-9(15)14(17)13(8)16/h4-7H,2-3H2,1H3. The molecular weight excluding hydrogens is 367 g/mol. The first kappa shape index (κ1) is 15.0. The molecule has 0 saturated carbocycles. The van der Waals surface area contributed by atoms with Crippen LogP contribution >= 0.6 is 50.5 Å².